The van der Waals surface area contributed by atoms with Gasteiger partial charge in [0.2, 0.25) is 0 Å². The predicted molar refractivity (Wildman–Crippen MR) is 284 cm³/mol. The summed E-state index contributed by atoms with van der Waals surface area (Å²) in [6.45, 7) is 34.0. The molecular weight excluding hydrogens is 800 g/mol. The number of hydrogen-bond donors (Lipinski definition) is 1. The Bertz CT molecular complexity index is 3190. The highest BCUT2D eigenvalue weighted by atomic mass is 16.3. The number of nitrogens with one attached hydrogen (secondary N) is 1. The minimum Gasteiger partial charge on any atom is -0.456 e. The number of fused-ring (bicyclic) bond motifs is 9. The smallest absolute Gasteiger partial charge is 0.198 e. The van der Waals surface area contributed by atoms with E-state index in [1.54, 1.807) is 0 Å². The lowest BCUT2D eigenvalue weighted by Crippen LogP contribution is -2.42. The van der Waals surface area contributed by atoms with Crippen LogP contribution in [0.5, 0.6) is 0 Å². The quantitative estimate of drug-likeness (QED) is 0.179. The van der Waals surface area contributed by atoms with Crippen LogP contribution in [0.2, 0.25) is 0 Å². The third kappa shape index (κ3) is 6.57. The lowest BCUT2D eigenvalue weighted by Gasteiger charge is -2.44. The first-order valence-electron chi connectivity index (χ1n) is 25.0. The number of rotatable bonds is 4. The highest BCUT2D eigenvalue weighted by Crippen LogP contribution is 2.53. The first-order chi connectivity index (χ1) is 31.0. The third-order valence-electron chi connectivity index (χ3n) is 17.5. The molecule has 1 N–H and O–H groups in total. The number of furan rings is 1. The highest BCUT2D eigenvalue weighted by Gasteiger charge is 2.42. The van der Waals surface area contributed by atoms with Crippen molar-refractivity contribution in [1.82, 2.24) is 0 Å². The van der Waals surface area contributed by atoms with Gasteiger partial charge in [-0.2, -0.15) is 0 Å². The second kappa shape index (κ2) is 14.2. The van der Waals surface area contributed by atoms with Gasteiger partial charge in [-0.3, -0.25) is 0 Å². The zero-order valence-electron chi connectivity index (χ0n) is 42.3. The molecule has 0 unspecified atom stereocenters. The fraction of sp³-hybridized carbons (Fsp3) is 0.419. The molecule has 0 atom stereocenters. The maximum absolute atomic E-state index is 6.64. The van der Waals surface area contributed by atoms with E-state index in [1.807, 2.05) is 0 Å². The molecule has 4 heteroatoms. The van der Waals surface area contributed by atoms with Gasteiger partial charge in [-0.1, -0.05) is 119 Å². The molecular formula is C62H70BN2O. The molecule has 2 heterocycles. The van der Waals surface area contributed by atoms with Crippen LogP contribution in [0.25, 0.3) is 33.1 Å². The van der Waals surface area contributed by atoms with E-state index in [1.165, 1.54) is 120 Å². The van der Waals surface area contributed by atoms with Gasteiger partial charge in [0.15, 0.2) is 7.28 Å². The lowest BCUT2D eigenvalue weighted by atomic mass is 9.56. The number of nitrogens with zero attached hydrogens (tertiary/aromatic N) is 1. The summed E-state index contributed by atoms with van der Waals surface area (Å²) < 4.78 is 6.64. The zero-order chi connectivity index (χ0) is 46.7. The first kappa shape index (κ1) is 43.4. The maximum atomic E-state index is 6.64. The Balaban J connectivity index is 1.19. The maximum Gasteiger partial charge on any atom is 0.198 e. The lowest BCUT2D eigenvalue weighted by molar-refractivity contribution is 0.332. The molecule has 0 saturated heterocycles. The molecule has 0 fully saturated rings. The minimum atomic E-state index is 0.0362. The summed E-state index contributed by atoms with van der Waals surface area (Å²) >= 11 is 0. The van der Waals surface area contributed by atoms with Crippen LogP contribution < -0.4 is 21.1 Å². The van der Waals surface area contributed by atoms with E-state index in [0.29, 0.717) is 0 Å². The molecule has 0 bridgehead atoms. The normalized spacial score (nSPS) is 20.1. The highest BCUT2D eigenvalue weighted by molar-refractivity contribution is 6.76. The van der Waals surface area contributed by atoms with Gasteiger partial charge < -0.3 is 14.6 Å². The van der Waals surface area contributed by atoms with Crippen molar-refractivity contribution >= 4 is 68.6 Å². The van der Waals surface area contributed by atoms with Crippen LogP contribution in [0, 0.1) is 13.8 Å². The van der Waals surface area contributed by atoms with Gasteiger partial charge >= 0.3 is 0 Å². The van der Waals surface area contributed by atoms with Crippen molar-refractivity contribution < 1.29 is 4.42 Å². The van der Waals surface area contributed by atoms with Crippen LogP contribution in [-0.4, -0.2) is 7.28 Å². The van der Waals surface area contributed by atoms with E-state index in [-0.39, 0.29) is 32.5 Å². The van der Waals surface area contributed by atoms with Gasteiger partial charge in [-0.15, -0.1) is 0 Å². The monoisotopic (exact) mass is 870 g/mol. The Morgan fingerprint density at radius 1 is 0.470 bits per heavy atom. The minimum absolute atomic E-state index is 0.0362. The second-order valence-corrected chi connectivity index (χ2v) is 25.0. The Labute approximate surface area is 396 Å². The fourth-order valence-electron chi connectivity index (χ4n) is 12.8. The topological polar surface area (TPSA) is 28.4 Å². The van der Waals surface area contributed by atoms with Gasteiger partial charge in [0.05, 0.1) is 0 Å². The van der Waals surface area contributed by atoms with Crippen molar-refractivity contribution in [3.8, 4) is 11.1 Å². The Kier molecular flexibility index (Phi) is 9.30. The molecule has 66 heavy (non-hydrogen) atoms. The SMILES string of the molecule is Cc1cc(-c2cc3c(cc2Nc2ccc4c(c2)C(C)(C)CCC4(C)C)C(C)(C)CCC3(C)C)c2c(c1)N(c1cc3c(cc1C)C(C)(C)CCC3(C)C)c1ccc3oc4ccccc4c3c1[B]2. The summed E-state index contributed by atoms with van der Waals surface area (Å²) in [5, 5.41) is 6.49. The average molecular weight is 870 g/mol. The molecule has 1 aliphatic heterocycles. The fourth-order valence-corrected chi connectivity index (χ4v) is 12.8. The first-order valence-corrected chi connectivity index (χ1v) is 25.0. The van der Waals surface area contributed by atoms with E-state index in [9.17, 15) is 0 Å². The van der Waals surface area contributed by atoms with Crippen molar-refractivity contribution in [3.63, 3.8) is 0 Å². The molecule has 3 aliphatic carbocycles. The van der Waals surface area contributed by atoms with Crippen LogP contribution >= 0.6 is 0 Å². The summed E-state index contributed by atoms with van der Waals surface area (Å²) in [6, 6.07) is 35.5. The molecule has 7 aromatic rings. The van der Waals surface area contributed by atoms with Crippen molar-refractivity contribution in [2.24, 2.45) is 0 Å². The van der Waals surface area contributed by atoms with Crippen LogP contribution in [0.3, 0.4) is 0 Å². The molecule has 0 saturated carbocycles. The average Bonchev–Trinajstić information content (AvgIpc) is 3.64. The molecule has 3 nitrogen and oxygen atoms in total. The largest absolute Gasteiger partial charge is 0.456 e. The van der Waals surface area contributed by atoms with Gasteiger partial charge in [-0.05, 0) is 200 Å². The van der Waals surface area contributed by atoms with Gasteiger partial charge in [0, 0.05) is 44.8 Å². The number of aryl methyl sites for hydroxylation is 2. The summed E-state index contributed by atoms with van der Waals surface area (Å²) in [5.41, 5.74) is 24.8. The predicted octanol–water partition coefficient (Wildman–Crippen LogP) is 16.1. The van der Waals surface area contributed by atoms with Crippen LogP contribution in [0.15, 0.2) is 95.4 Å². The van der Waals surface area contributed by atoms with Gasteiger partial charge in [0.25, 0.3) is 0 Å². The molecule has 337 valence electrons. The molecule has 4 aliphatic rings. The van der Waals surface area contributed by atoms with Gasteiger partial charge in [0.1, 0.15) is 11.2 Å². The van der Waals surface area contributed by atoms with E-state index in [0.717, 1.165) is 35.1 Å². The van der Waals surface area contributed by atoms with Crippen molar-refractivity contribution in [2.75, 3.05) is 10.2 Å². The Hall–Kier alpha value is -5.22. The van der Waals surface area contributed by atoms with E-state index in [2.05, 4.69) is 205 Å². The summed E-state index contributed by atoms with van der Waals surface area (Å²) in [5.74, 6) is 0. The van der Waals surface area contributed by atoms with Gasteiger partial charge in [-0.25, -0.2) is 0 Å². The summed E-state index contributed by atoms with van der Waals surface area (Å²) in [7, 11) is 2.50. The molecule has 11 rings (SSSR count). The van der Waals surface area contributed by atoms with Crippen molar-refractivity contribution in [3.05, 3.63) is 136 Å². The third-order valence-corrected chi connectivity index (χ3v) is 17.5. The zero-order valence-corrected chi connectivity index (χ0v) is 42.3. The molecule has 0 amide bonds. The van der Waals surface area contributed by atoms with E-state index >= 15 is 0 Å². The number of anilines is 5. The summed E-state index contributed by atoms with van der Waals surface area (Å²) in [4.78, 5) is 2.61. The number of benzene rings is 6. The van der Waals surface area contributed by atoms with E-state index < -0.39 is 0 Å². The van der Waals surface area contributed by atoms with Crippen LogP contribution in [-0.2, 0) is 32.5 Å². The van der Waals surface area contributed by atoms with Crippen molar-refractivity contribution in [1.29, 1.82) is 0 Å². The van der Waals surface area contributed by atoms with Crippen molar-refractivity contribution in [2.45, 2.75) is 168 Å². The number of para-hydroxylation sites is 1. The van der Waals surface area contributed by atoms with Crippen LogP contribution in [0.1, 0.15) is 166 Å². The molecule has 6 aromatic carbocycles. The van der Waals surface area contributed by atoms with E-state index in [4.69, 9.17) is 4.42 Å². The standard InChI is InChI=1S/C62H70BN2O/c1-36-29-41(40-33-45-46(61(11,12)27-26-60(45,9)10)34-48(40)64-38-19-20-42-44(32-38)59(7,8)24-23-57(42,3)4)55-51(30-36)65(50-35-47-43(31-37(50)2)58(5,6)25-28-62(47,13)14)49-21-22-53-54(56(49)63-55)39-17-15-16-18-52(39)66-53/h15-22,29-35,64H,23-28H2,1-14H3. The molecule has 0 spiro atoms. The Morgan fingerprint density at radius 2 is 1.03 bits per heavy atom. The number of hydrogen-bond acceptors (Lipinski definition) is 3. The molecule has 1 radical (unpaired) electrons. The second-order valence-electron chi connectivity index (χ2n) is 25.0. The summed E-state index contributed by atoms with van der Waals surface area (Å²) in [6.07, 6.45) is 7.07. The molecule has 1 aromatic heterocycles. The van der Waals surface area contributed by atoms with Crippen LogP contribution in [0.4, 0.5) is 28.4 Å². The Morgan fingerprint density at radius 3 is 1.68 bits per heavy atom.